The van der Waals surface area contributed by atoms with E-state index in [9.17, 15) is 19.5 Å². The number of hydrogen-bond acceptors (Lipinski definition) is 6. The molecule has 6 atom stereocenters. The second-order valence-electron chi connectivity index (χ2n) is 12.1. The third-order valence-electron chi connectivity index (χ3n) is 9.81. The maximum Gasteiger partial charge on any atom is 0.313 e. The lowest BCUT2D eigenvalue weighted by atomic mass is 9.73. The summed E-state index contributed by atoms with van der Waals surface area (Å²) in [5, 5.41) is 12.8. The zero-order valence-electron chi connectivity index (χ0n) is 24.7. The maximum atomic E-state index is 15.0. The van der Waals surface area contributed by atoms with Crippen LogP contribution in [-0.4, -0.2) is 64.8 Å². The normalized spacial score (nSPS) is 31.3. The van der Waals surface area contributed by atoms with Crippen LogP contribution in [-0.2, 0) is 23.9 Å². The molecule has 1 N–H and O–H groups in total. The van der Waals surface area contributed by atoms with Crippen LogP contribution >= 0.6 is 0 Å². The quantitative estimate of drug-likeness (QED) is 0.340. The van der Waals surface area contributed by atoms with E-state index >= 15 is 0 Å². The molecular formula is C36H36N2O6. The van der Waals surface area contributed by atoms with E-state index in [2.05, 4.69) is 0 Å². The maximum absolute atomic E-state index is 15.0. The molecule has 0 saturated carbocycles. The van der Waals surface area contributed by atoms with Crippen LogP contribution in [0.1, 0.15) is 37.8 Å². The monoisotopic (exact) mass is 592 g/mol. The van der Waals surface area contributed by atoms with Crippen LogP contribution in [0.3, 0.4) is 0 Å². The van der Waals surface area contributed by atoms with Gasteiger partial charge in [0.05, 0.1) is 25.2 Å². The lowest BCUT2D eigenvalue weighted by molar-refractivity contribution is -0.161. The summed E-state index contributed by atoms with van der Waals surface area (Å²) in [5.41, 5.74) is -1.20. The number of hydrogen-bond donors (Lipinski definition) is 1. The van der Waals surface area contributed by atoms with Gasteiger partial charge in [0.2, 0.25) is 5.91 Å². The molecule has 8 heteroatoms. The van der Waals surface area contributed by atoms with Gasteiger partial charge in [0.25, 0.3) is 5.91 Å². The number of anilines is 1. The summed E-state index contributed by atoms with van der Waals surface area (Å²) >= 11 is 0. The van der Waals surface area contributed by atoms with Gasteiger partial charge in [-0.05, 0) is 47.7 Å². The molecule has 4 aliphatic heterocycles. The van der Waals surface area contributed by atoms with Crippen LogP contribution in [0, 0.1) is 11.8 Å². The molecular weight excluding hydrogens is 556 g/mol. The molecule has 44 heavy (non-hydrogen) atoms. The van der Waals surface area contributed by atoms with E-state index in [1.807, 2.05) is 104 Å². The number of benzene rings is 3. The van der Waals surface area contributed by atoms with Gasteiger partial charge in [-0.15, -0.1) is 0 Å². The molecule has 8 nitrogen and oxygen atoms in total. The van der Waals surface area contributed by atoms with Crippen molar-refractivity contribution >= 4 is 34.2 Å². The summed E-state index contributed by atoms with van der Waals surface area (Å²) in [7, 11) is 0. The Morgan fingerprint density at radius 3 is 2.45 bits per heavy atom. The van der Waals surface area contributed by atoms with Gasteiger partial charge in [-0.3, -0.25) is 14.4 Å². The van der Waals surface area contributed by atoms with Gasteiger partial charge in [0.15, 0.2) is 0 Å². The Labute approximate surface area is 256 Å². The number of aliphatic hydroxyl groups is 1. The first-order chi connectivity index (χ1) is 21.4. The number of fused-ring (bicyclic) bond motifs is 3. The van der Waals surface area contributed by atoms with Crippen molar-refractivity contribution in [3.63, 3.8) is 0 Å². The van der Waals surface area contributed by atoms with Crippen LogP contribution < -0.4 is 4.90 Å². The number of amides is 2. The van der Waals surface area contributed by atoms with Gasteiger partial charge in [-0.1, -0.05) is 91.9 Å². The standard InChI is InChI=1S/C36H36N2O6/c1-2-35-18-9-4-10-21-43-34(42)30(35)29-32(40)38(28(23-39)25-13-5-3-6-14-25)31-33(41)37(20-11-19-36(29,31)44-35)27-17-16-24-12-7-8-15-26(24)22-27/h3,5-9,11-19,22,28-31,39H,2,4,10,20-21,23H2,1H3/b18-9-/t28-,29+,30+,31?,35-,36+/m1/s1. The first-order valence-electron chi connectivity index (χ1n) is 15.4. The molecule has 0 radical (unpaired) electrons. The van der Waals surface area contributed by atoms with E-state index in [1.165, 1.54) is 4.90 Å². The van der Waals surface area contributed by atoms with Gasteiger partial charge in [-0.2, -0.15) is 0 Å². The van der Waals surface area contributed by atoms with Crippen molar-refractivity contribution < 1.29 is 29.0 Å². The van der Waals surface area contributed by atoms with Gasteiger partial charge < -0.3 is 24.4 Å². The topological polar surface area (TPSA) is 96.4 Å². The van der Waals surface area contributed by atoms with Gasteiger partial charge in [0, 0.05) is 12.2 Å². The average Bonchev–Trinajstić information content (AvgIpc) is 3.43. The SMILES string of the molecule is CC[C@@]12/C=C\CCCOC(=O)[C@@H]1[C@H]1C(=O)N([C@H](CO)c3ccccc3)C3C(=O)N(c4ccc5ccccc5c4)CC=C[C@@]31O2. The highest BCUT2D eigenvalue weighted by Gasteiger charge is 2.76. The fourth-order valence-electron chi connectivity index (χ4n) is 7.76. The fraction of sp³-hybridized carbons (Fsp3) is 0.361. The number of carbonyl (C=O) groups is 3. The molecule has 4 aliphatic rings. The van der Waals surface area contributed by atoms with E-state index in [-0.39, 0.29) is 19.1 Å². The highest BCUT2D eigenvalue weighted by Crippen LogP contribution is 2.59. The van der Waals surface area contributed by atoms with E-state index in [0.717, 1.165) is 10.8 Å². The molecule has 3 aromatic carbocycles. The second kappa shape index (κ2) is 11.0. The number of carbonyl (C=O) groups excluding carboxylic acids is 3. The predicted molar refractivity (Wildman–Crippen MR) is 165 cm³/mol. The Bertz CT molecular complexity index is 1670. The number of ether oxygens (including phenoxy) is 2. The van der Waals surface area contributed by atoms with Gasteiger partial charge >= 0.3 is 5.97 Å². The minimum absolute atomic E-state index is 0.244. The Balaban J connectivity index is 1.41. The molecule has 0 bridgehead atoms. The van der Waals surface area contributed by atoms with Crippen molar-refractivity contribution in [3.8, 4) is 0 Å². The molecule has 1 spiro atoms. The summed E-state index contributed by atoms with van der Waals surface area (Å²) in [6.45, 7) is 2.03. The molecule has 7 rings (SSSR count). The van der Waals surface area contributed by atoms with E-state index in [1.54, 1.807) is 4.90 Å². The number of rotatable bonds is 5. The summed E-state index contributed by atoms with van der Waals surface area (Å²) in [4.78, 5) is 46.8. The third kappa shape index (κ3) is 4.23. The van der Waals surface area contributed by atoms with E-state index < -0.39 is 53.6 Å². The molecule has 2 saturated heterocycles. The van der Waals surface area contributed by atoms with Crippen molar-refractivity contribution in [1.29, 1.82) is 0 Å². The number of likely N-dealkylation sites (tertiary alicyclic amines) is 1. The number of aliphatic hydroxyl groups excluding tert-OH is 1. The fourth-order valence-corrected chi connectivity index (χ4v) is 7.76. The Kier molecular flexibility index (Phi) is 7.14. The number of nitrogens with zero attached hydrogens (tertiary/aromatic N) is 2. The molecule has 0 aromatic heterocycles. The molecule has 0 aliphatic carbocycles. The lowest BCUT2D eigenvalue weighted by Crippen LogP contribution is -2.57. The predicted octanol–water partition coefficient (Wildman–Crippen LogP) is 4.73. The highest BCUT2D eigenvalue weighted by atomic mass is 16.6. The van der Waals surface area contributed by atoms with Crippen molar-refractivity contribution in [2.24, 2.45) is 11.8 Å². The van der Waals surface area contributed by atoms with E-state index in [4.69, 9.17) is 9.47 Å². The van der Waals surface area contributed by atoms with Crippen LogP contribution in [0.2, 0.25) is 0 Å². The minimum atomic E-state index is -1.45. The Morgan fingerprint density at radius 2 is 1.68 bits per heavy atom. The number of esters is 1. The number of allylic oxidation sites excluding steroid dienone is 1. The Morgan fingerprint density at radius 1 is 0.909 bits per heavy atom. The third-order valence-corrected chi connectivity index (χ3v) is 9.81. The smallest absolute Gasteiger partial charge is 0.313 e. The van der Waals surface area contributed by atoms with Gasteiger partial charge in [0.1, 0.15) is 23.2 Å². The minimum Gasteiger partial charge on any atom is -0.465 e. The summed E-state index contributed by atoms with van der Waals surface area (Å²) in [6.07, 6.45) is 9.41. The van der Waals surface area contributed by atoms with Crippen LogP contribution in [0.4, 0.5) is 5.69 Å². The van der Waals surface area contributed by atoms with Crippen molar-refractivity contribution in [3.05, 3.63) is 103 Å². The molecule has 3 aromatic rings. The first-order valence-corrected chi connectivity index (χ1v) is 15.4. The summed E-state index contributed by atoms with van der Waals surface area (Å²) in [5.74, 6) is -3.20. The first kappa shape index (κ1) is 28.5. The van der Waals surface area contributed by atoms with Crippen molar-refractivity contribution in [2.45, 2.75) is 49.5 Å². The zero-order valence-corrected chi connectivity index (χ0v) is 24.7. The zero-order chi connectivity index (χ0) is 30.5. The molecule has 4 heterocycles. The second-order valence-corrected chi connectivity index (χ2v) is 12.1. The summed E-state index contributed by atoms with van der Waals surface area (Å²) in [6, 6.07) is 21.0. The molecule has 2 amide bonds. The lowest BCUT2D eigenvalue weighted by Gasteiger charge is -2.41. The Hall–Kier alpha value is -4.27. The number of cyclic esters (lactones) is 1. The highest BCUT2D eigenvalue weighted by molar-refractivity contribution is 6.06. The van der Waals surface area contributed by atoms with Crippen molar-refractivity contribution in [1.82, 2.24) is 4.90 Å². The van der Waals surface area contributed by atoms with Crippen molar-refractivity contribution in [2.75, 3.05) is 24.7 Å². The van der Waals surface area contributed by atoms with E-state index in [0.29, 0.717) is 30.5 Å². The molecule has 1 unspecified atom stereocenters. The summed E-state index contributed by atoms with van der Waals surface area (Å²) < 4.78 is 12.8. The molecule has 226 valence electrons. The molecule has 2 fully saturated rings. The largest absolute Gasteiger partial charge is 0.465 e. The van der Waals surface area contributed by atoms with Crippen LogP contribution in [0.15, 0.2) is 97.1 Å². The van der Waals surface area contributed by atoms with Crippen LogP contribution in [0.25, 0.3) is 10.8 Å². The van der Waals surface area contributed by atoms with Gasteiger partial charge in [-0.25, -0.2) is 0 Å². The average molecular weight is 593 g/mol. The van der Waals surface area contributed by atoms with Crippen LogP contribution in [0.5, 0.6) is 0 Å².